The van der Waals surface area contributed by atoms with E-state index in [1.165, 1.54) is 36.2 Å². The summed E-state index contributed by atoms with van der Waals surface area (Å²) in [5.41, 5.74) is 8.03. The number of nitrogen functional groups attached to an aromatic ring is 1. The van der Waals surface area contributed by atoms with E-state index in [9.17, 15) is 0 Å². The van der Waals surface area contributed by atoms with Crippen molar-refractivity contribution in [2.24, 2.45) is 0 Å². The molecule has 5 heteroatoms. The minimum atomic E-state index is 0.497. The topological polar surface area (TPSA) is 65.1 Å². The molecule has 3 rings (SSSR count). The Labute approximate surface area is 111 Å². The first-order chi connectivity index (χ1) is 8.69. The average molecular weight is 262 g/mol. The van der Waals surface area contributed by atoms with Crippen LogP contribution in [-0.2, 0) is 0 Å². The molecule has 0 spiro atoms. The van der Waals surface area contributed by atoms with Crippen molar-refractivity contribution in [3.05, 3.63) is 10.4 Å². The lowest BCUT2D eigenvalue weighted by atomic mass is 10.1. The molecule has 1 aromatic heterocycles. The average Bonchev–Trinajstić information content (AvgIpc) is 3.02. The van der Waals surface area contributed by atoms with Gasteiger partial charge in [-0.25, -0.2) is 0 Å². The first-order valence-corrected chi connectivity index (χ1v) is 7.28. The van der Waals surface area contributed by atoms with Crippen LogP contribution in [0.25, 0.3) is 0 Å². The molecule has 1 saturated heterocycles. The Bertz CT molecular complexity index is 498. The van der Waals surface area contributed by atoms with Crippen LogP contribution >= 0.6 is 11.3 Å². The van der Waals surface area contributed by atoms with Crippen molar-refractivity contribution in [2.45, 2.75) is 31.2 Å². The van der Waals surface area contributed by atoms with Crippen LogP contribution in [0.3, 0.4) is 0 Å². The van der Waals surface area contributed by atoms with Crippen molar-refractivity contribution in [2.75, 3.05) is 31.2 Å². The fourth-order valence-corrected chi connectivity index (χ4v) is 3.74. The van der Waals surface area contributed by atoms with Crippen molar-refractivity contribution in [3.63, 3.8) is 0 Å². The third-order valence-electron chi connectivity index (χ3n) is 3.80. The third-order valence-corrected chi connectivity index (χ3v) is 4.85. The number of hydrogen-bond donors (Lipinski definition) is 2. The number of nitrogens with one attached hydrogen (secondary N) is 1. The number of anilines is 2. The van der Waals surface area contributed by atoms with Gasteiger partial charge in [0.2, 0.25) is 0 Å². The van der Waals surface area contributed by atoms with Gasteiger partial charge in [0, 0.05) is 18.2 Å². The quantitative estimate of drug-likeness (QED) is 0.876. The lowest BCUT2D eigenvalue weighted by Gasteiger charge is -2.14. The molecule has 2 aliphatic rings. The minimum Gasteiger partial charge on any atom is -0.397 e. The maximum atomic E-state index is 9.11. The molecule has 1 aliphatic carbocycles. The van der Waals surface area contributed by atoms with Crippen LogP contribution in [0.4, 0.5) is 10.7 Å². The van der Waals surface area contributed by atoms with Gasteiger partial charge < -0.3 is 16.0 Å². The molecule has 1 aromatic rings. The van der Waals surface area contributed by atoms with Crippen molar-refractivity contribution >= 4 is 22.0 Å². The second-order valence-corrected chi connectivity index (χ2v) is 6.39. The summed E-state index contributed by atoms with van der Waals surface area (Å²) in [5.74, 6) is 0.588. The zero-order valence-corrected chi connectivity index (χ0v) is 11.4. The Hall–Kier alpha value is -1.25. The smallest absolute Gasteiger partial charge is 0.130 e. The molecule has 0 radical (unpaired) electrons. The maximum absolute atomic E-state index is 9.11. The van der Waals surface area contributed by atoms with E-state index in [0.717, 1.165) is 23.8 Å². The summed E-state index contributed by atoms with van der Waals surface area (Å²) >= 11 is 1.53. The number of nitriles is 1. The number of nitrogens with two attached hydrogens (primary N) is 1. The van der Waals surface area contributed by atoms with Crippen molar-refractivity contribution < 1.29 is 0 Å². The van der Waals surface area contributed by atoms with E-state index in [2.05, 4.69) is 23.3 Å². The van der Waals surface area contributed by atoms with E-state index in [-0.39, 0.29) is 0 Å². The molecular weight excluding hydrogens is 244 g/mol. The Morgan fingerprint density at radius 2 is 2.22 bits per heavy atom. The van der Waals surface area contributed by atoms with Gasteiger partial charge in [0.15, 0.2) is 0 Å². The summed E-state index contributed by atoms with van der Waals surface area (Å²) in [6.07, 6.45) is 3.59. The normalized spacial score (nSPS) is 24.1. The number of likely N-dealkylation sites (tertiary alicyclic amines) is 1. The number of hydrogen-bond acceptors (Lipinski definition) is 5. The summed E-state index contributed by atoms with van der Waals surface area (Å²) in [4.78, 5) is 3.00. The van der Waals surface area contributed by atoms with Gasteiger partial charge in [-0.3, -0.25) is 0 Å². The SMILES string of the molecule is CN1CCC(Nc2sc(C#N)c(N)c2C2CC2)C1. The van der Waals surface area contributed by atoms with E-state index in [1.54, 1.807) is 0 Å². The van der Waals surface area contributed by atoms with Crippen molar-refractivity contribution in [1.82, 2.24) is 4.90 Å². The van der Waals surface area contributed by atoms with Crippen LogP contribution in [0.15, 0.2) is 0 Å². The highest BCUT2D eigenvalue weighted by atomic mass is 32.1. The van der Waals surface area contributed by atoms with E-state index in [4.69, 9.17) is 11.0 Å². The first-order valence-electron chi connectivity index (χ1n) is 6.46. The Balaban J connectivity index is 1.84. The van der Waals surface area contributed by atoms with E-state index in [0.29, 0.717) is 16.8 Å². The second kappa shape index (κ2) is 4.45. The standard InChI is InChI=1S/C13H18N4S/c1-17-5-4-9(7-17)16-13-11(8-2-3-8)12(15)10(6-14)18-13/h8-9,16H,2-5,7,15H2,1H3. The van der Waals surface area contributed by atoms with Gasteiger partial charge in [-0.05, 0) is 38.8 Å². The van der Waals surface area contributed by atoms with Gasteiger partial charge >= 0.3 is 0 Å². The summed E-state index contributed by atoms with van der Waals surface area (Å²) in [6, 6.07) is 2.71. The van der Waals surface area contributed by atoms with E-state index >= 15 is 0 Å². The molecule has 3 N–H and O–H groups in total. The summed E-state index contributed by atoms with van der Waals surface area (Å²) in [5, 5.41) is 13.9. The Kier molecular flexibility index (Phi) is 2.92. The van der Waals surface area contributed by atoms with Crippen molar-refractivity contribution in [3.8, 4) is 6.07 Å². The van der Waals surface area contributed by atoms with Gasteiger partial charge in [-0.1, -0.05) is 0 Å². The van der Waals surface area contributed by atoms with Crippen LogP contribution < -0.4 is 11.1 Å². The number of nitrogens with zero attached hydrogens (tertiary/aromatic N) is 2. The van der Waals surface area contributed by atoms with Crippen LogP contribution in [0.1, 0.15) is 35.6 Å². The minimum absolute atomic E-state index is 0.497. The van der Waals surface area contributed by atoms with Crippen LogP contribution in [0.5, 0.6) is 0 Å². The van der Waals surface area contributed by atoms with Gasteiger partial charge in [-0.2, -0.15) is 5.26 Å². The molecule has 1 unspecified atom stereocenters. The highest BCUT2D eigenvalue weighted by molar-refractivity contribution is 7.17. The zero-order valence-electron chi connectivity index (χ0n) is 10.6. The fraction of sp³-hybridized carbons (Fsp3) is 0.615. The predicted octanol–water partition coefficient (Wildman–Crippen LogP) is 2.20. The van der Waals surface area contributed by atoms with E-state index < -0.39 is 0 Å². The molecule has 4 nitrogen and oxygen atoms in total. The molecular formula is C13H18N4S. The zero-order chi connectivity index (χ0) is 12.7. The van der Waals surface area contributed by atoms with Gasteiger partial charge in [-0.15, -0.1) is 11.3 Å². The first kappa shape index (κ1) is 11.8. The number of likely N-dealkylation sites (N-methyl/N-ethyl adjacent to an activating group) is 1. The lowest BCUT2D eigenvalue weighted by Crippen LogP contribution is -2.23. The highest BCUT2D eigenvalue weighted by Gasteiger charge is 2.32. The molecule has 0 bridgehead atoms. The Morgan fingerprint density at radius 3 is 2.78 bits per heavy atom. The monoisotopic (exact) mass is 262 g/mol. The molecule has 0 aromatic carbocycles. The van der Waals surface area contributed by atoms with Crippen LogP contribution in [0, 0.1) is 11.3 Å². The fourth-order valence-electron chi connectivity index (χ4n) is 2.66. The second-order valence-electron chi connectivity index (χ2n) is 5.37. The van der Waals surface area contributed by atoms with Gasteiger partial charge in [0.25, 0.3) is 0 Å². The maximum Gasteiger partial charge on any atom is 0.130 e. The number of rotatable bonds is 3. The third kappa shape index (κ3) is 2.06. The van der Waals surface area contributed by atoms with E-state index in [1.807, 2.05) is 0 Å². The molecule has 96 valence electrons. The molecule has 18 heavy (non-hydrogen) atoms. The van der Waals surface area contributed by atoms with Crippen LogP contribution in [-0.4, -0.2) is 31.1 Å². The number of thiophene rings is 1. The molecule has 1 atom stereocenters. The molecule has 2 heterocycles. The molecule has 2 fully saturated rings. The summed E-state index contributed by atoms with van der Waals surface area (Å²) in [6.45, 7) is 2.21. The highest BCUT2D eigenvalue weighted by Crippen LogP contribution is 2.50. The molecule has 1 saturated carbocycles. The van der Waals surface area contributed by atoms with Gasteiger partial charge in [0.05, 0.1) is 10.7 Å². The van der Waals surface area contributed by atoms with Crippen LogP contribution in [0.2, 0.25) is 0 Å². The summed E-state index contributed by atoms with van der Waals surface area (Å²) < 4.78 is 0. The molecule has 1 aliphatic heterocycles. The largest absolute Gasteiger partial charge is 0.397 e. The summed E-state index contributed by atoms with van der Waals surface area (Å²) in [7, 11) is 2.15. The van der Waals surface area contributed by atoms with Gasteiger partial charge in [0.1, 0.15) is 10.9 Å². The molecule has 0 amide bonds. The lowest BCUT2D eigenvalue weighted by molar-refractivity contribution is 0.414. The predicted molar refractivity (Wildman–Crippen MR) is 74.9 cm³/mol. The Morgan fingerprint density at radius 1 is 1.44 bits per heavy atom. The van der Waals surface area contributed by atoms with Crippen molar-refractivity contribution in [1.29, 1.82) is 5.26 Å².